The Morgan fingerprint density at radius 1 is 1.52 bits per heavy atom. The molecule has 1 aromatic rings. The quantitative estimate of drug-likeness (QED) is 0.741. The number of morpholine rings is 1. The van der Waals surface area contributed by atoms with E-state index in [-0.39, 0.29) is 11.0 Å². The van der Waals surface area contributed by atoms with Gasteiger partial charge in [-0.1, -0.05) is 6.92 Å². The first-order valence-electron chi connectivity index (χ1n) is 7.21. The van der Waals surface area contributed by atoms with E-state index < -0.39 is 10.0 Å². The highest BCUT2D eigenvalue weighted by Crippen LogP contribution is 2.19. The monoisotopic (exact) mass is 317 g/mol. The fourth-order valence-corrected chi connectivity index (χ4v) is 3.72. The molecule has 1 saturated heterocycles. The van der Waals surface area contributed by atoms with Gasteiger partial charge < -0.3 is 9.47 Å². The van der Waals surface area contributed by atoms with Crippen LogP contribution in [0.2, 0.25) is 0 Å². The minimum absolute atomic E-state index is 0.112. The summed E-state index contributed by atoms with van der Waals surface area (Å²) in [6.45, 7) is 4.46. The van der Waals surface area contributed by atoms with Crippen LogP contribution >= 0.6 is 0 Å². The van der Waals surface area contributed by atoms with E-state index in [9.17, 15) is 8.42 Å². The second-order valence-electron chi connectivity index (χ2n) is 5.08. The van der Waals surface area contributed by atoms with Gasteiger partial charge in [-0.3, -0.25) is 4.68 Å². The lowest BCUT2D eigenvalue weighted by molar-refractivity contribution is -0.0168. The van der Waals surface area contributed by atoms with E-state index in [0.29, 0.717) is 32.7 Å². The summed E-state index contributed by atoms with van der Waals surface area (Å²) in [6.07, 6.45) is 4.51. The molecule has 0 aromatic carbocycles. The molecular weight excluding hydrogens is 294 g/mol. The van der Waals surface area contributed by atoms with E-state index in [1.807, 2.05) is 6.92 Å². The van der Waals surface area contributed by atoms with Crippen molar-refractivity contribution in [2.24, 2.45) is 0 Å². The van der Waals surface area contributed by atoms with Crippen molar-refractivity contribution in [3.63, 3.8) is 0 Å². The number of hydrogen-bond donors (Lipinski definition) is 0. The number of nitrogens with zero attached hydrogens (tertiary/aromatic N) is 3. The normalized spacial score (nSPS) is 20.8. The molecule has 0 saturated carbocycles. The van der Waals surface area contributed by atoms with Gasteiger partial charge in [0, 0.05) is 39.5 Å². The first kappa shape index (κ1) is 16.4. The zero-order valence-corrected chi connectivity index (χ0v) is 13.4. The molecule has 1 aromatic heterocycles. The van der Waals surface area contributed by atoms with Gasteiger partial charge in [-0.25, -0.2) is 8.42 Å². The van der Waals surface area contributed by atoms with Gasteiger partial charge in [0.2, 0.25) is 10.0 Å². The average molecular weight is 317 g/mol. The van der Waals surface area contributed by atoms with Gasteiger partial charge in [-0.15, -0.1) is 0 Å². The summed E-state index contributed by atoms with van der Waals surface area (Å²) in [7, 11) is -1.86. The first-order chi connectivity index (χ1) is 10.1. The summed E-state index contributed by atoms with van der Waals surface area (Å²) in [5.41, 5.74) is 0. The van der Waals surface area contributed by atoms with Gasteiger partial charge in [0.1, 0.15) is 4.90 Å². The second-order valence-corrected chi connectivity index (χ2v) is 7.01. The number of hydrogen-bond acceptors (Lipinski definition) is 5. The molecular formula is C13H23N3O4S. The number of aryl methyl sites for hydroxylation is 1. The maximum Gasteiger partial charge on any atom is 0.246 e. The van der Waals surface area contributed by atoms with Crippen molar-refractivity contribution in [1.29, 1.82) is 0 Å². The SMILES string of the molecule is CCCn1cc(S(=O)(=O)N2CCOC(CCOC)C2)cn1. The van der Waals surface area contributed by atoms with Crippen LogP contribution in [0.25, 0.3) is 0 Å². The van der Waals surface area contributed by atoms with Crippen molar-refractivity contribution in [1.82, 2.24) is 14.1 Å². The molecule has 21 heavy (non-hydrogen) atoms. The van der Waals surface area contributed by atoms with Gasteiger partial charge in [0.05, 0.1) is 18.9 Å². The maximum atomic E-state index is 12.6. The summed E-state index contributed by atoms with van der Waals surface area (Å²) in [5, 5.41) is 4.10. The Labute approximate surface area is 125 Å². The van der Waals surface area contributed by atoms with Crippen molar-refractivity contribution in [2.75, 3.05) is 33.4 Å². The van der Waals surface area contributed by atoms with Gasteiger partial charge >= 0.3 is 0 Å². The number of aromatic nitrogens is 2. The number of rotatable bonds is 7. The van der Waals surface area contributed by atoms with Gasteiger partial charge in [-0.05, 0) is 12.8 Å². The highest BCUT2D eigenvalue weighted by molar-refractivity contribution is 7.89. The highest BCUT2D eigenvalue weighted by Gasteiger charge is 2.31. The van der Waals surface area contributed by atoms with Crippen molar-refractivity contribution in [2.45, 2.75) is 37.3 Å². The lowest BCUT2D eigenvalue weighted by atomic mass is 10.2. The van der Waals surface area contributed by atoms with Crippen molar-refractivity contribution >= 4 is 10.0 Å². The predicted octanol–water partition coefficient (Wildman–Crippen LogP) is 0.719. The molecule has 1 aliphatic heterocycles. The van der Waals surface area contributed by atoms with E-state index >= 15 is 0 Å². The molecule has 2 rings (SSSR count). The van der Waals surface area contributed by atoms with E-state index in [2.05, 4.69) is 5.10 Å². The predicted molar refractivity (Wildman–Crippen MR) is 77.5 cm³/mol. The van der Waals surface area contributed by atoms with Gasteiger partial charge in [0.25, 0.3) is 0 Å². The standard InChI is InChI=1S/C13H23N3O4S/c1-3-5-15-11-13(9-14-15)21(17,18)16-6-8-20-12(10-16)4-7-19-2/h9,11-12H,3-8,10H2,1-2H3. The topological polar surface area (TPSA) is 73.7 Å². The fraction of sp³-hybridized carbons (Fsp3) is 0.769. The maximum absolute atomic E-state index is 12.6. The largest absolute Gasteiger partial charge is 0.385 e. The summed E-state index contributed by atoms with van der Waals surface area (Å²) in [6, 6.07) is 0. The molecule has 8 heteroatoms. The number of sulfonamides is 1. The lowest BCUT2D eigenvalue weighted by Crippen LogP contribution is -2.45. The Balaban J connectivity index is 2.06. The van der Waals surface area contributed by atoms with Crippen molar-refractivity contribution in [3.8, 4) is 0 Å². The molecule has 1 fully saturated rings. The average Bonchev–Trinajstić information content (AvgIpc) is 2.95. The van der Waals surface area contributed by atoms with Gasteiger partial charge in [0.15, 0.2) is 0 Å². The molecule has 1 unspecified atom stereocenters. The Morgan fingerprint density at radius 2 is 2.33 bits per heavy atom. The van der Waals surface area contributed by atoms with Crippen LogP contribution < -0.4 is 0 Å². The molecule has 0 radical (unpaired) electrons. The van der Waals surface area contributed by atoms with E-state index in [0.717, 1.165) is 13.0 Å². The van der Waals surface area contributed by atoms with Crippen molar-refractivity contribution < 1.29 is 17.9 Å². The van der Waals surface area contributed by atoms with Crippen LogP contribution in [0.3, 0.4) is 0 Å². The van der Waals surface area contributed by atoms with Crippen molar-refractivity contribution in [3.05, 3.63) is 12.4 Å². The van der Waals surface area contributed by atoms with E-state index in [4.69, 9.17) is 9.47 Å². The third kappa shape index (κ3) is 4.03. The second kappa shape index (κ2) is 7.35. The third-order valence-electron chi connectivity index (χ3n) is 3.45. The molecule has 0 N–H and O–H groups in total. The zero-order chi connectivity index (χ0) is 15.3. The smallest absolute Gasteiger partial charge is 0.246 e. The van der Waals surface area contributed by atoms with Crippen LogP contribution in [0.1, 0.15) is 19.8 Å². The zero-order valence-electron chi connectivity index (χ0n) is 12.6. The molecule has 0 amide bonds. The molecule has 120 valence electrons. The third-order valence-corrected chi connectivity index (χ3v) is 5.26. The molecule has 0 bridgehead atoms. The highest BCUT2D eigenvalue weighted by atomic mass is 32.2. The van der Waals surface area contributed by atoms with Crippen LogP contribution in [-0.2, 0) is 26.0 Å². The Bertz CT molecular complexity index is 543. The van der Waals surface area contributed by atoms with Crippen LogP contribution in [0.5, 0.6) is 0 Å². The lowest BCUT2D eigenvalue weighted by Gasteiger charge is -2.31. The van der Waals surface area contributed by atoms with E-state index in [1.165, 1.54) is 10.5 Å². The van der Waals surface area contributed by atoms with Crippen LogP contribution in [0.4, 0.5) is 0 Å². The summed E-state index contributed by atoms with van der Waals surface area (Å²) >= 11 is 0. The summed E-state index contributed by atoms with van der Waals surface area (Å²) < 4.78 is 39.0. The summed E-state index contributed by atoms with van der Waals surface area (Å²) in [5.74, 6) is 0. The van der Waals surface area contributed by atoms with Gasteiger partial charge in [-0.2, -0.15) is 9.40 Å². The number of methoxy groups -OCH3 is 1. The molecule has 0 spiro atoms. The molecule has 0 aliphatic carbocycles. The minimum Gasteiger partial charge on any atom is -0.385 e. The first-order valence-corrected chi connectivity index (χ1v) is 8.65. The number of ether oxygens (including phenoxy) is 2. The van der Waals surface area contributed by atoms with Crippen LogP contribution in [0, 0.1) is 0 Å². The Kier molecular flexibility index (Phi) is 5.74. The summed E-state index contributed by atoms with van der Waals surface area (Å²) in [4.78, 5) is 0.253. The van der Waals surface area contributed by atoms with Crippen LogP contribution in [-0.4, -0.2) is 62.0 Å². The molecule has 7 nitrogen and oxygen atoms in total. The van der Waals surface area contributed by atoms with E-state index in [1.54, 1.807) is 18.0 Å². The fourth-order valence-electron chi connectivity index (χ4n) is 2.31. The molecule has 1 atom stereocenters. The minimum atomic E-state index is -3.49. The Hall–Kier alpha value is -0.960. The van der Waals surface area contributed by atoms with Crippen LogP contribution in [0.15, 0.2) is 17.3 Å². The molecule has 2 heterocycles. The Morgan fingerprint density at radius 3 is 3.05 bits per heavy atom. The molecule has 1 aliphatic rings.